The highest BCUT2D eigenvalue weighted by Gasteiger charge is 2.35. The molecule has 0 saturated carbocycles. The van der Waals surface area contributed by atoms with E-state index in [9.17, 15) is 4.79 Å². The summed E-state index contributed by atoms with van der Waals surface area (Å²) in [6.07, 6.45) is 1.97. The van der Waals surface area contributed by atoms with Crippen molar-refractivity contribution >= 4 is 17.4 Å². The second kappa shape index (κ2) is 8.61. The van der Waals surface area contributed by atoms with Gasteiger partial charge in [0.15, 0.2) is 6.04 Å². The van der Waals surface area contributed by atoms with Gasteiger partial charge in [0, 0.05) is 37.9 Å². The molecule has 3 heterocycles. The summed E-state index contributed by atoms with van der Waals surface area (Å²) in [7, 11) is 0. The molecular formula is C22H31N5O+2. The molecule has 0 aliphatic carbocycles. The van der Waals surface area contributed by atoms with E-state index in [-0.39, 0.29) is 6.04 Å². The van der Waals surface area contributed by atoms with Gasteiger partial charge in [-0.1, -0.05) is 24.3 Å². The van der Waals surface area contributed by atoms with Crippen LogP contribution in [0, 0.1) is 0 Å². The average molecular weight is 382 g/mol. The van der Waals surface area contributed by atoms with Crippen molar-refractivity contribution in [2.24, 2.45) is 0 Å². The number of amides is 1. The molecule has 6 nitrogen and oxygen atoms in total. The summed E-state index contributed by atoms with van der Waals surface area (Å²) in [6.45, 7) is 9.52. The molecular weight excluding hydrogens is 350 g/mol. The van der Waals surface area contributed by atoms with E-state index in [1.807, 2.05) is 18.3 Å². The summed E-state index contributed by atoms with van der Waals surface area (Å²) in [6, 6.07) is 16.7. The Kier molecular flexibility index (Phi) is 5.76. The molecule has 0 unspecified atom stereocenters. The summed E-state index contributed by atoms with van der Waals surface area (Å²) in [5, 5.41) is 0. The molecule has 2 N–H and O–H groups in total. The van der Waals surface area contributed by atoms with Crippen LogP contribution in [0.25, 0.3) is 0 Å². The molecule has 2 aliphatic heterocycles. The van der Waals surface area contributed by atoms with Gasteiger partial charge in [-0.2, -0.15) is 0 Å². The first-order valence-electron chi connectivity index (χ1n) is 10.4. The number of anilines is 2. The van der Waals surface area contributed by atoms with Gasteiger partial charge < -0.3 is 14.7 Å². The number of benzene rings is 1. The van der Waals surface area contributed by atoms with Crippen LogP contribution in [0.3, 0.4) is 0 Å². The summed E-state index contributed by atoms with van der Waals surface area (Å²) < 4.78 is 0. The van der Waals surface area contributed by atoms with Gasteiger partial charge in [-0.15, -0.1) is 0 Å². The van der Waals surface area contributed by atoms with Gasteiger partial charge in [0.1, 0.15) is 26.2 Å². The van der Waals surface area contributed by atoms with Gasteiger partial charge in [0.2, 0.25) is 0 Å². The van der Waals surface area contributed by atoms with Crippen LogP contribution in [0.2, 0.25) is 0 Å². The van der Waals surface area contributed by atoms with Crippen LogP contribution in [-0.2, 0) is 4.79 Å². The number of nitrogens with zero attached hydrogens (tertiary/aromatic N) is 3. The molecule has 1 aromatic heterocycles. The van der Waals surface area contributed by atoms with Crippen molar-refractivity contribution in [1.82, 2.24) is 4.90 Å². The molecule has 2 aromatic rings. The van der Waals surface area contributed by atoms with E-state index in [0.717, 1.165) is 58.2 Å². The van der Waals surface area contributed by atoms with E-state index >= 15 is 0 Å². The zero-order chi connectivity index (χ0) is 19.3. The Labute approximate surface area is 167 Å². The molecule has 1 amide bonds. The van der Waals surface area contributed by atoms with Gasteiger partial charge >= 0.3 is 0 Å². The molecule has 4 rings (SSSR count). The molecule has 2 aliphatic rings. The number of pyridine rings is 1. The lowest BCUT2D eigenvalue weighted by Crippen LogP contribution is -3.19. The highest BCUT2D eigenvalue weighted by Crippen LogP contribution is 2.15. The fraction of sp³-hybridized carbons (Fsp3) is 0.455. The highest BCUT2D eigenvalue weighted by atomic mass is 16.2. The van der Waals surface area contributed by atoms with Crippen LogP contribution in [0.5, 0.6) is 0 Å². The van der Waals surface area contributed by atoms with E-state index in [1.54, 1.807) is 0 Å². The van der Waals surface area contributed by atoms with Crippen molar-refractivity contribution in [3.05, 3.63) is 54.7 Å². The van der Waals surface area contributed by atoms with Gasteiger partial charge in [-0.05, 0) is 25.1 Å². The molecule has 0 spiro atoms. The van der Waals surface area contributed by atoms with Crippen molar-refractivity contribution < 1.29 is 14.7 Å². The SMILES string of the molecule is C[C@@H](C(=O)N1CCN(c2ccccc2)CC1)[NH+]1CCN(c2cccc[nH+]2)CC1. The number of quaternary nitrogens is 1. The Morgan fingerprint density at radius 1 is 0.893 bits per heavy atom. The van der Waals surface area contributed by atoms with Crippen molar-refractivity contribution in [1.29, 1.82) is 0 Å². The molecule has 28 heavy (non-hydrogen) atoms. The maximum Gasteiger partial charge on any atom is 0.280 e. The van der Waals surface area contributed by atoms with Crippen LogP contribution in [0.15, 0.2) is 54.7 Å². The minimum absolute atomic E-state index is 0.0326. The minimum atomic E-state index is 0.0326. The van der Waals surface area contributed by atoms with Gasteiger partial charge in [0.25, 0.3) is 11.7 Å². The third-order valence-corrected chi connectivity index (χ3v) is 6.13. The smallest absolute Gasteiger partial charge is 0.280 e. The van der Waals surface area contributed by atoms with Crippen LogP contribution >= 0.6 is 0 Å². The highest BCUT2D eigenvalue weighted by molar-refractivity contribution is 5.80. The Balaban J connectivity index is 1.27. The predicted octanol–water partition coefficient (Wildman–Crippen LogP) is -0.0571. The Morgan fingerprint density at radius 3 is 2.21 bits per heavy atom. The molecule has 6 heteroatoms. The summed E-state index contributed by atoms with van der Waals surface area (Å²) in [5.74, 6) is 1.47. The molecule has 2 saturated heterocycles. The summed E-state index contributed by atoms with van der Waals surface area (Å²) >= 11 is 0. The normalized spacial score (nSPS) is 19.5. The monoisotopic (exact) mass is 381 g/mol. The average Bonchev–Trinajstić information content (AvgIpc) is 2.79. The minimum Gasteiger partial charge on any atom is -0.368 e. The Hall–Kier alpha value is -2.60. The maximum atomic E-state index is 13.1. The molecule has 148 valence electrons. The zero-order valence-electron chi connectivity index (χ0n) is 16.7. The molecule has 1 atom stereocenters. The summed E-state index contributed by atoms with van der Waals surface area (Å²) in [4.78, 5) is 24.6. The number of para-hydroxylation sites is 1. The fourth-order valence-electron chi connectivity index (χ4n) is 4.32. The number of carbonyl (C=O) groups is 1. The first kappa shape index (κ1) is 18.7. The topological polar surface area (TPSA) is 45.4 Å². The number of aromatic nitrogens is 1. The quantitative estimate of drug-likeness (QED) is 0.807. The fourth-order valence-corrected chi connectivity index (χ4v) is 4.32. The van der Waals surface area contributed by atoms with Crippen molar-refractivity contribution in [2.75, 3.05) is 62.2 Å². The Bertz CT molecular complexity index is 753. The lowest BCUT2D eigenvalue weighted by Gasteiger charge is -2.39. The lowest BCUT2D eigenvalue weighted by atomic mass is 10.1. The number of rotatable bonds is 4. The van der Waals surface area contributed by atoms with Crippen molar-refractivity contribution in [3.63, 3.8) is 0 Å². The van der Waals surface area contributed by atoms with E-state index in [2.05, 4.69) is 63.0 Å². The number of aromatic amines is 1. The molecule has 2 fully saturated rings. The van der Waals surface area contributed by atoms with E-state index < -0.39 is 0 Å². The Morgan fingerprint density at radius 2 is 1.57 bits per heavy atom. The maximum absolute atomic E-state index is 13.1. The first-order valence-corrected chi connectivity index (χ1v) is 10.4. The lowest BCUT2D eigenvalue weighted by molar-refractivity contribution is -0.915. The van der Waals surface area contributed by atoms with E-state index in [4.69, 9.17) is 0 Å². The van der Waals surface area contributed by atoms with Gasteiger partial charge in [-0.25, -0.2) is 4.98 Å². The number of hydrogen-bond donors (Lipinski definition) is 1. The zero-order valence-corrected chi connectivity index (χ0v) is 16.7. The number of carbonyl (C=O) groups excluding carboxylic acids is 1. The van der Waals surface area contributed by atoms with Crippen molar-refractivity contribution in [3.8, 4) is 0 Å². The van der Waals surface area contributed by atoms with Crippen LogP contribution in [0.4, 0.5) is 11.5 Å². The molecule has 0 bridgehead atoms. The van der Waals surface area contributed by atoms with Gasteiger partial charge in [0.05, 0.1) is 6.20 Å². The second-order valence-corrected chi connectivity index (χ2v) is 7.76. The summed E-state index contributed by atoms with van der Waals surface area (Å²) in [5.41, 5.74) is 1.25. The van der Waals surface area contributed by atoms with Crippen LogP contribution in [-0.4, -0.2) is 69.2 Å². The number of H-pyrrole nitrogens is 1. The number of hydrogen-bond acceptors (Lipinski definition) is 3. The third-order valence-electron chi connectivity index (χ3n) is 6.13. The molecule has 0 radical (unpaired) electrons. The van der Waals surface area contributed by atoms with Gasteiger partial charge in [-0.3, -0.25) is 9.69 Å². The first-order chi connectivity index (χ1) is 13.7. The van der Waals surface area contributed by atoms with Crippen molar-refractivity contribution in [2.45, 2.75) is 13.0 Å². The molecule has 1 aromatic carbocycles. The number of piperazine rings is 2. The standard InChI is InChI=1S/C22H29N5O/c1-19(24-11-15-26(16-12-24)21-9-5-6-10-23-21)22(28)27-17-13-25(14-18-27)20-7-3-2-4-8-20/h2-10,19H,11-18H2,1H3/p+2/t19-/m0/s1. The van der Waals surface area contributed by atoms with E-state index in [0.29, 0.717) is 5.91 Å². The second-order valence-electron chi connectivity index (χ2n) is 7.76. The van der Waals surface area contributed by atoms with Crippen LogP contribution < -0.4 is 19.7 Å². The largest absolute Gasteiger partial charge is 0.368 e. The predicted molar refractivity (Wildman–Crippen MR) is 111 cm³/mol. The number of nitrogens with one attached hydrogen (secondary N) is 2. The third kappa shape index (κ3) is 4.12. The van der Waals surface area contributed by atoms with E-state index in [1.165, 1.54) is 10.6 Å². The van der Waals surface area contributed by atoms with Crippen LogP contribution in [0.1, 0.15) is 6.92 Å².